The molecular weight excluding hydrogens is 372 g/mol. The van der Waals surface area contributed by atoms with Crippen LogP contribution in [0.5, 0.6) is 0 Å². The number of amides is 4. The van der Waals surface area contributed by atoms with Crippen LogP contribution in [0.1, 0.15) is 29.3 Å². The Kier molecular flexibility index (Phi) is 7.12. The molecule has 9 nitrogen and oxygen atoms in total. The Morgan fingerprint density at radius 3 is 2.44 bits per heavy atom. The fraction of sp³-hybridized carbons (Fsp3) is 0.294. The van der Waals surface area contributed by atoms with Gasteiger partial charge in [0.2, 0.25) is 0 Å². The predicted molar refractivity (Wildman–Crippen MR) is 97.3 cm³/mol. The van der Waals surface area contributed by atoms with Gasteiger partial charge in [-0.3, -0.25) is 30.0 Å². The highest BCUT2D eigenvalue weighted by atomic mass is 32.1. The standard InChI is InChI=1S/C17H20N4O5S/c1-10(2)13(19-14(22)12-6-4-8-27-12)15(23)20-21-17(25)16(24)18-9-11-5-3-7-26-11/h3-8,10,13H,9H2,1-2H3,(H,18,24)(H,19,22)(H,20,23)(H,21,25)/t13-/m1/s1. The van der Waals surface area contributed by atoms with Crippen molar-refractivity contribution in [2.24, 2.45) is 5.92 Å². The van der Waals surface area contributed by atoms with Crippen molar-refractivity contribution in [1.82, 2.24) is 21.5 Å². The van der Waals surface area contributed by atoms with Gasteiger partial charge in [-0.1, -0.05) is 19.9 Å². The molecule has 2 aromatic rings. The molecule has 2 rings (SSSR count). The zero-order valence-electron chi connectivity index (χ0n) is 14.8. The summed E-state index contributed by atoms with van der Waals surface area (Å²) < 4.78 is 5.03. The maximum absolute atomic E-state index is 12.3. The highest BCUT2D eigenvalue weighted by Gasteiger charge is 2.26. The smallest absolute Gasteiger partial charge is 0.327 e. The van der Waals surface area contributed by atoms with Crippen molar-refractivity contribution in [1.29, 1.82) is 0 Å². The summed E-state index contributed by atoms with van der Waals surface area (Å²) in [6.45, 7) is 3.53. The molecule has 0 bridgehead atoms. The summed E-state index contributed by atoms with van der Waals surface area (Å²) in [5.41, 5.74) is 4.18. The number of thiophene rings is 1. The van der Waals surface area contributed by atoms with Gasteiger partial charge in [-0.05, 0) is 29.5 Å². The van der Waals surface area contributed by atoms with E-state index in [-0.39, 0.29) is 18.4 Å². The molecule has 0 aromatic carbocycles. The molecule has 1 atom stereocenters. The van der Waals surface area contributed by atoms with Crippen molar-refractivity contribution >= 4 is 35.0 Å². The summed E-state index contributed by atoms with van der Waals surface area (Å²) in [5.74, 6) is -2.75. The summed E-state index contributed by atoms with van der Waals surface area (Å²) in [5, 5.41) is 6.71. The van der Waals surface area contributed by atoms with Crippen molar-refractivity contribution in [2.45, 2.75) is 26.4 Å². The van der Waals surface area contributed by atoms with Crippen molar-refractivity contribution in [3.05, 3.63) is 46.5 Å². The number of hydrogen-bond acceptors (Lipinski definition) is 6. The Morgan fingerprint density at radius 1 is 1.07 bits per heavy atom. The molecule has 144 valence electrons. The van der Waals surface area contributed by atoms with Crippen molar-refractivity contribution in [2.75, 3.05) is 0 Å². The summed E-state index contributed by atoms with van der Waals surface area (Å²) >= 11 is 1.25. The molecule has 2 aromatic heterocycles. The van der Waals surface area contributed by atoms with Gasteiger partial charge in [-0.15, -0.1) is 11.3 Å². The van der Waals surface area contributed by atoms with Crippen LogP contribution in [-0.2, 0) is 20.9 Å². The van der Waals surface area contributed by atoms with E-state index in [4.69, 9.17) is 4.42 Å². The number of hydrazine groups is 1. The van der Waals surface area contributed by atoms with Crippen molar-refractivity contribution < 1.29 is 23.6 Å². The largest absolute Gasteiger partial charge is 0.467 e. The third-order valence-electron chi connectivity index (χ3n) is 3.49. The number of carbonyl (C=O) groups is 4. The van der Waals surface area contributed by atoms with Crippen LogP contribution in [0.3, 0.4) is 0 Å². The van der Waals surface area contributed by atoms with E-state index < -0.39 is 23.8 Å². The molecule has 0 saturated carbocycles. The molecule has 27 heavy (non-hydrogen) atoms. The Labute approximate surface area is 159 Å². The van der Waals surface area contributed by atoms with E-state index in [1.54, 1.807) is 43.5 Å². The first-order chi connectivity index (χ1) is 12.9. The summed E-state index contributed by atoms with van der Waals surface area (Å²) in [4.78, 5) is 48.3. The Bertz CT molecular complexity index is 786. The number of nitrogens with one attached hydrogen (secondary N) is 4. The molecule has 10 heteroatoms. The summed E-state index contributed by atoms with van der Waals surface area (Å²) in [7, 11) is 0. The summed E-state index contributed by atoms with van der Waals surface area (Å²) in [6, 6.07) is 5.78. The first-order valence-corrected chi connectivity index (χ1v) is 9.01. The molecule has 0 aliphatic carbocycles. The van der Waals surface area contributed by atoms with Crippen LogP contribution in [0.15, 0.2) is 40.3 Å². The van der Waals surface area contributed by atoms with Crippen LogP contribution < -0.4 is 21.5 Å². The van der Waals surface area contributed by atoms with Gasteiger partial charge in [0.05, 0.1) is 17.7 Å². The highest BCUT2D eigenvalue weighted by Crippen LogP contribution is 2.10. The van der Waals surface area contributed by atoms with Crippen molar-refractivity contribution in [3.8, 4) is 0 Å². The zero-order valence-corrected chi connectivity index (χ0v) is 15.6. The first-order valence-electron chi connectivity index (χ1n) is 8.13. The van der Waals surface area contributed by atoms with E-state index in [0.717, 1.165) is 0 Å². The van der Waals surface area contributed by atoms with Gasteiger partial charge in [0, 0.05) is 0 Å². The number of carbonyl (C=O) groups excluding carboxylic acids is 4. The minimum absolute atomic E-state index is 0.0404. The average Bonchev–Trinajstić information content (AvgIpc) is 3.34. The van der Waals surface area contributed by atoms with Gasteiger partial charge in [0.25, 0.3) is 11.8 Å². The first kappa shape index (κ1) is 20.2. The third-order valence-corrected chi connectivity index (χ3v) is 4.36. The van der Waals surface area contributed by atoms with Gasteiger partial charge in [0.1, 0.15) is 11.8 Å². The Morgan fingerprint density at radius 2 is 1.85 bits per heavy atom. The lowest BCUT2D eigenvalue weighted by molar-refractivity contribution is -0.141. The molecule has 0 fully saturated rings. The van der Waals surface area contributed by atoms with Crippen LogP contribution in [0.25, 0.3) is 0 Å². The highest BCUT2D eigenvalue weighted by molar-refractivity contribution is 7.12. The third kappa shape index (κ3) is 5.96. The maximum Gasteiger partial charge on any atom is 0.327 e. The minimum atomic E-state index is -1.04. The van der Waals surface area contributed by atoms with Gasteiger partial charge in [-0.25, -0.2) is 0 Å². The lowest BCUT2D eigenvalue weighted by Gasteiger charge is -2.21. The fourth-order valence-electron chi connectivity index (χ4n) is 2.07. The molecule has 0 saturated heterocycles. The molecular formula is C17H20N4O5S. The van der Waals surface area contributed by atoms with Crippen molar-refractivity contribution in [3.63, 3.8) is 0 Å². The Hall–Kier alpha value is -3.14. The van der Waals surface area contributed by atoms with Crippen LogP contribution in [0.2, 0.25) is 0 Å². The molecule has 0 spiro atoms. The van der Waals surface area contributed by atoms with E-state index in [1.807, 2.05) is 5.43 Å². The number of furan rings is 1. The van der Waals surface area contributed by atoms with E-state index in [2.05, 4.69) is 16.1 Å². The summed E-state index contributed by atoms with van der Waals surface area (Å²) in [6.07, 6.45) is 1.44. The predicted octanol–water partition coefficient (Wildman–Crippen LogP) is 0.559. The van der Waals surface area contributed by atoms with Gasteiger partial charge >= 0.3 is 11.8 Å². The van der Waals surface area contributed by atoms with Gasteiger partial charge in [0.15, 0.2) is 0 Å². The second-order valence-corrected chi connectivity index (χ2v) is 6.83. The monoisotopic (exact) mass is 392 g/mol. The topological polar surface area (TPSA) is 130 Å². The van der Waals surface area contributed by atoms with E-state index in [1.165, 1.54) is 17.6 Å². The van der Waals surface area contributed by atoms with Crippen LogP contribution in [0, 0.1) is 5.92 Å². The Balaban J connectivity index is 1.82. The average molecular weight is 392 g/mol. The van der Waals surface area contributed by atoms with Gasteiger partial charge < -0.3 is 15.1 Å². The minimum Gasteiger partial charge on any atom is -0.467 e. The molecule has 0 unspecified atom stereocenters. The molecule has 0 aliphatic rings. The van der Waals surface area contributed by atoms with Crippen LogP contribution in [0.4, 0.5) is 0 Å². The van der Waals surface area contributed by atoms with E-state index >= 15 is 0 Å². The lowest BCUT2D eigenvalue weighted by atomic mass is 10.0. The second kappa shape index (κ2) is 9.53. The molecule has 0 aliphatic heterocycles. The molecule has 4 amide bonds. The van der Waals surface area contributed by atoms with E-state index in [0.29, 0.717) is 10.6 Å². The fourth-order valence-corrected chi connectivity index (χ4v) is 2.70. The SMILES string of the molecule is CC(C)[C@@H](NC(=O)c1cccs1)C(=O)NNC(=O)C(=O)NCc1ccco1. The second-order valence-electron chi connectivity index (χ2n) is 5.88. The lowest BCUT2D eigenvalue weighted by Crippen LogP contribution is -2.56. The normalized spacial score (nSPS) is 11.5. The molecule has 4 N–H and O–H groups in total. The zero-order chi connectivity index (χ0) is 19.8. The van der Waals surface area contributed by atoms with Gasteiger partial charge in [-0.2, -0.15) is 0 Å². The molecule has 2 heterocycles. The van der Waals surface area contributed by atoms with Crippen LogP contribution >= 0.6 is 11.3 Å². The quantitative estimate of drug-likeness (QED) is 0.422. The number of hydrogen-bond donors (Lipinski definition) is 4. The maximum atomic E-state index is 12.3. The van der Waals surface area contributed by atoms with Crippen LogP contribution in [-0.4, -0.2) is 29.7 Å². The number of rotatable bonds is 6. The molecule has 0 radical (unpaired) electrons. The van der Waals surface area contributed by atoms with E-state index in [9.17, 15) is 19.2 Å².